The van der Waals surface area contributed by atoms with Crippen molar-refractivity contribution in [2.45, 2.75) is 24.3 Å². The van der Waals surface area contributed by atoms with Gasteiger partial charge < -0.3 is 9.73 Å². The van der Waals surface area contributed by atoms with Crippen LogP contribution in [-0.2, 0) is 27.8 Å². The van der Waals surface area contributed by atoms with Crippen LogP contribution in [0.1, 0.15) is 17.7 Å². The largest absolute Gasteiger partial charge is 0.468 e. The zero-order valence-electron chi connectivity index (χ0n) is 14.6. The van der Waals surface area contributed by atoms with Crippen LogP contribution in [0.4, 0.5) is 5.69 Å². The number of sulfonamides is 1. The summed E-state index contributed by atoms with van der Waals surface area (Å²) in [5.41, 5.74) is 1.51. The summed E-state index contributed by atoms with van der Waals surface area (Å²) >= 11 is 0. The van der Waals surface area contributed by atoms with E-state index in [9.17, 15) is 13.2 Å². The first-order valence-electron chi connectivity index (χ1n) is 8.49. The second kappa shape index (κ2) is 8.66. The van der Waals surface area contributed by atoms with Gasteiger partial charge in [0, 0.05) is 12.1 Å². The predicted octanol–water partition coefficient (Wildman–Crippen LogP) is 3.33. The molecule has 0 saturated carbocycles. The van der Waals surface area contributed by atoms with E-state index in [0.29, 0.717) is 24.3 Å². The summed E-state index contributed by atoms with van der Waals surface area (Å²) < 4.78 is 32.4. The summed E-state index contributed by atoms with van der Waals surface area (Å²) in [7, 11) is -3.71. The Morgan fingerprint density at radius 3 is 2.52 bits per heavy atom. The number of hydrogen-bond acceptors (Lipinski definition) is 4. The van der Waals surface area contributed by atoms with E-state index in [1.165, 1.54) is 18.4 Å². The van der Waals surface area contributed by atoms with Gasteiger partial charge in [-0.25, -0.2) is 13.1 Å². The fourth-order valence-electron chi connectivity index (χ4n) is 2.53. The van der Waals surface area contributed by atoms with Gasteiger partial charge in [-0.2, -0.15) is 0 Å². The lowest BCUT2D eigenvalue weighted by molar-refractivity contribution is -0.116. The molecule has 0 atom stereocenters. The maximum atomic E-state index is 12.4. The molecule has 0 aliphatic heterocycles. The van der Waals surface area contributed by atoms with Gasteiger partial charge in [0.2, 0.25) is 15.9 Å². The topological polar surface area (TPSA) is 88.4 Å². The van der Waals surface area contributed by atoms with Crippen molar-refractivity contribution in [2.24, 2.45) is 0 Å². The lowest BCUT2D eigenvalue weighted by Crippen LogP contribution is -2.23. The number of amides is 1. The van der Waals surface area contributed by atoms with Crippen molar-refractivity contribution in [3.8, 4) is 0 Å². The number of anilines is 1. The van der Waals surface area contributed by atoms with Crippen molar-refractivity contribution >= 4 is 21.6 Å². The van der Waals surface area contributed by atoms with E-state index in [1.54, 1.807) is 24.3 Å². The molecule has 1 heterocycles. The van der Waals surface area contributed by atoms with Crippen LogP contribution in [0.3, 0.4) is 0 Å². The average molecular weight is 384 g/mol. The molecule has 0 aliphatic rings. The molecule has 2 aromatic carbocycles. The Kier molecular flexibility index (Phi) is 6.05. The number of nitrogens with one attached hydrogen (secondary N) is 2. The molecule has 0 bridgehead atoms. The van der Waals surface area contributed by atoms with E-state index in [-0.39, 0.29) is 17.3 Å². The predicted molar refractivity (Wildman–Crippen MR) is 103 cm³/mol. The van der Waals surface area contributed by atoms with E-state index in [0.717, 1.165) is 5.56 Å². The number of hydrogen-bond donors (Lipinski definition) is 2. The van der Waals surface area contributed by atoms with E-state index < -0.39 is 10.0 Å². The van der Waals surface area contributed by atoms with Crippen LogP contribution >= 0.6 is 0 Å². The van der Waals surface area contributed by atoms with Crippen LogP contribution in [0.25, 0.3) is 0 Å². The molecule has 0 saturated heterocycles. The molecule has 7 heteroatoms. The molecule has 1 amide bonds. The second-order valence-electron chi connectivity index (χ2n) is 5.97. The molecule has 3 rings (SSSR count). The Bertz CT molecular complexity index is 984. The van der Waals surface area contributed by atoms with E-state index in [1.807, 2.05) is 30.3 Å². The molecule has 3 aromatic rings. The number of carbonyl (C=O) groups is 1. The van der Waals surface area contributed by atoms with Gasteiger partial charge in [-0.1, -0.05) is 36.4 Å². The van der Waals surface area contributed by atoms with Crippen molar-refractivity contribution in [3.05, 3.63) is 84.3 Å². The maximum absolute atomic E-state index is 12.4. The minimum absolute atomic E-state index is 0.0585. The van der Waals surface area contributed by atoms with Gasteiger partial charge in [0.25, 0.3) is 0 Å². The van der Waals surface area contributed by atoms with Crippen molar-refractivity contribution in [3.63, 3.8) is 0 Å². The fourth-order valence-corrected chi connectivity index (χ4v) is 3.57. The molecule has 0 fully saturated rings. The fraction of sp³-hybridized carbons (Fsp3) is 0.150. The Hall–Kier alpha value is -2.90. The Morgan fingerprint density at radius 1 is 0.963 bits per heavy atom. The summed E-state index contributed by atoms with van der Waals surface area (Å²) in [6.07, 6.45) is 2.42. The summed E-state index contributed by atoms with van der Waals surface area (Å²) in [5, 5.41) is 2.74. The van der Waals surface area contributed by atoms with Gasteiger partial charge >= 0.3 is 0 Å². The third-order valence-electron chi connectivity index (χ3n) is 3.93. The molecule has 140 valence electrons. The normalized spacial score (nSPS) is 11.3. The molecule has 0 spiro atoms. The van der Waals surface area contributed by atoms with Crippen LogP contribution in [0.5, 0.6) is 0 Å². The summed E-state index contributed by atoms with van der Waals surface area (Å²) in [6.45, 7) is 0.0585. The molecule has 6 nitrogen and oxygen atoms in total. The zero-order chi connectivity index (χ0) is 19.1. The summed E-state index contributed by atoms with van der Waals surface area (Å²) in [6, 6.07) is 19.2. The third kappa shape index (κ3) is 5.54. The minimum Gasteiger partial charge on any atom is -0.468 e. The van der Waals surface area contributed by atoms with Crippen LogP contribution < -0.4 is 10.0 Å². The lowest BCUT2D eigenvalue weighted by Gasteiger charge is -2.09. The van der Waals surface area contributed by atoms with Gasteiger partial charge in [-0.15, -0.1) is 0 Å². The molecule has 0 radical (unpaired) electrons. The summed E-state index contributed by atoms with van der Waals surface area (Å²) in [4.78, 5) is 12.2. The van der Waals surface area contributed by atoms with Gasteiger partial charge in [0.15, 0.2) is 0 Å². The number of carbonyl (C=O) groups excluding carboxylic acids is 1. The van der Waals surface area contributed by atoms with Crippen molar-refractivity contribution in [1.82, 2.24) is 4.72 Å². The molecule has 0 aliphatic carbocycles. The maximum Gasteiger partial charge on any atom is 0.241 e. The van der Waals surface area contributed by atoms with Crippen LogP contribution in [0.15, 0.2) is 82.3 Å². The van der Waals surface area contributed by atoms with E-state index in [2.05, 4.69) is 10.0 Å². The number of rotatable bonds is 8. The highest BCUT2D eigenvalue weighted by Crippen LogP contribution is 2.16. The molecule has 2 N–H and O–H groups in total. The average Bonchev–Trinajstić information content (AvgIpc) is 3.20. The summed E-state index contributed by atoms with van der Waals surface area (Å²) in [5.74, 6) is 0.348. The van der Waals surface area contributed by atoms with Gasteiger partial charge in [0.05, 0.1) is 17.7 Å². The highest BCUT2D eigenvalue weighted by Gasteiger charge is 2.15. The minimum atomic E-state index is -3.71. The SMILES string of the molecule is O=C(CCc1ccccc1)Nc1cccc(S(=O)(=O)NCc2ccco2)c1. The van der Waals surface area contributed by atoms with E-state index in [4.69, 9.17) is 4.42 Å². The molecular weight excluding hydrogens is 364 g/mol. The quantitative estimate of drug-likeness (QED) is 0.623. The van der Waals surface area contributed by atoms with Gasteiger partial charge in [0.1, 0.15) is 5.76 Å². The first-order chi connectivity index (χ1) is 13.0. The van der Waals surface area contributed by atoms with Crippen LogP contribution in [0, 0.1) is 0 Å². The molecule has 1 aromatic heterocycles. The Labute approximate surface area is 158 Å². The Balaban J connectivity index is 1.60. The smallest absolute Gasteiger partial charge is 0.241 e. The standard InChI is InChI=1S/C20H20N2O4S/c23-20(12-11-16-6-2-1-3-7-16)22-17-8-4-10-19(14-17)27(24,25)21-15-18-9-5-13-26-18/h1-10,13-14,21H,11-12,15H2,(H,22,23). The van der Waals surface area contributed by atoms with Crippen molar-refractivity contribution in [1.29, 1.82) is 0 Å². The van der Waals surface area contributed by atoms with Crippen molar-refractivity contribution in [2.75, 3.05) is 5.32 Å². The molecule has 0 unspecified atom stereocenters. The van der Waals surface area contributed by atoms with Gasteiger partial charge in [-0.05, 0) is 42.3 Å². The highest BCUT2D eigenvalue weighted by molar-refractivity contribution is 7.89. The lowest BCUT2D eigenvalue weighted by atomic mass is 10.1. The monoisotopic (exact) mass is 384 g/mol. The molecule has 27 heavy (non-hydrogen) atoms. The number of benzene rings is 2. The first-order valence-corrected chi connectivity index (χ1v) is 9.97. The van der Waals surface area contributed by atoms with E-state index >= 15 is 0 Å². The third-order valence-corrected chi connectivity index (χ3v) is 5.33. The highest BCUT2D eigenvalue weighted by atomic mass is 32.2. The van der Waals surface area contributed by atoms with Crippen LogP contribution in [-0.4, -0.2) is 14.3 Å². The first kappa shape index (κ1) is 18.9. The number of furan rings is 1. The van der Waals surface area contributed by atoms with Crippen molar-refractivity contribution < 1.29 is 17.6 Å². The molecular formula is C20H20N2O4S. The zero-order valence-corrected chi connectivity index (χ0v) is 15.4. The second-order valence-corrected chi connectivity index (χ2v) is 7.73. The Morgan fingerprint density at radius 2 is 1.78 bits per heavy atom. The van der Waals surface area contributed by atoms with Gasteiger partial charge in [-0.3, -0.25) is 4.79 Å². The number of aryl methyl sites for hydroxylation is 1. The van der Waals surface area contributed by atoms with Crippen LogP contribution in [0.2, 0.25) is 0 Å².